The molecule has 0 fully saturated rings. The van der Waals surface area contributed by atoms with Gasteiger partial charge < -0.3 is 15.2 Å². The summed E-state index contributed by atoms with van der Waals surface area (Å²) in [7, 11) is 0. The Labute approximate surface area is 192 Å². The van der Waals surface area contributed by atoms with Crippen molar-refractivity contribution in [1.29, 1.82) is 0 Å². The van der Waals surface area contributed by atoms with Crippen molar-refractivity contribution in [3.05, 3.63) is 94.5 Å². The van der Waals surface area contributed by atoms with E-state index in [1.54, 1.807) is 37.3 Å². The normalized spacial score (nSPS) is 18.0. The van der Waals surface area contributed by atoms with Crippen molar-refractivity contribution in [3.8, 4) is 11.1 Å². The molecule has 1 unspecified atom stereocenters. The molecule has 0 aromatic heterocycles. The second-order valence-corrected chi connectivity index (χ2v) is 8.39. The monoisotopic (exact) mass is 449 g/mol. The number of amides is 1. The van der Waals surface area contributed by atoms with Gasteiger partial charge in [-0.05, 0) is 46.9 Å². The molecular formula is C26H24ClNO4. The van der Waals surface area contributed by atoms with Gasteiger partial charge in [0, 0.05) is 17.9 Å². The number of hydrogen-bond acceptors (Lipinski definition) is 4. The number of esters is 1. The van der Waals surface area contributed by atoms with E-state index in [9.17, 15) is 14.7 Å². The van der Waals surface area contributed by atoms with Gasteiger partial charge in [0.1, 0.15) is 5.54 Å². The molecule has 0 heterocycles. The molecule has 4 rings (SSSR count). The van der Waals surface area contributed by atoms with E-state index < -0.39 is 23.5 Å². The highest BCUT2D eigenvalue weighted by Gasteiger charge is 2.47. The van der Waals surface area contributed by atoms with Crippen LogP contribution in [-0.2, 0) is 27.2 Å². The van der Waals surface area contributed by atoms with Crippen molar-refractivity contribution in [2.45, 2.75) is 31.4 Å². The second-order valence-electron chi connectivity index (χ2n) is 7.95. The van der Waals surface area contributed by atoms with Gasteiger partial charge in [-0.15, -0.1) is 0 Å². The fraction of sp³-hybridized carbons (Fsp3) is 0.231. The first kappa shape index (κ1) is 22.1. The highest BCUT2D eigenvalue weighted by molar-refractivity contribution is 6.30. The molecule has 0 saturated heterocycles. The number of hydrogen-bond donors (Lipinski definition) is 2. The Kier molecular flexibility index (Phi) is 6.31. The van der Waals surface area contributed by atoms with Crippen molar-refractivity contribution in [3.63, 3.8) is 0 Å². The molecule has 0 aliphatic heterocycles. The molecular weight excluding hydrogens is 426 g/mol. The van der Waals surface area contributed by atoms with Gasteiger partial charge in [-0.3, -0.25) is 4.79 Å². The van der Waals surface area contributed by atoms with Crippen LogP contribution in [0.1, 0.15) is 29.7 Å². The number of aliphatic hydroxyl groups is 1. The molecule has 6 heteroatoms. The predicted octanol–water partition coefficient (Wildman–Crippen LogP) is 4.26. The van der Waals surface area contributed by atoms with E-state index in [2.05, 4.69) is 5.32 Å². The first-order valence-electron chi connectivity index (χ1n) is 10.5. The van der Waals surface area contributed by atoms with Crippen LogP contribution in [0, 0.1) is 0 Å². The summed E-state index contributed by atoms with van der Waals surface area (Å²) in [5.74, 6) is -1.13. The number of benzene rings is 3. The molecule has 0 bridgehead atoms. The van der Waals surface area contributed by atoms with Crippen molar-refractivity contribution >= 4 is 23.5 Å². The topological polar surface area (TPSA) is 75.6 Å². The summed E-state index contributed by atoms with van der Waals surface area (Å²) in [6, 6.07) is 22.2. The fourth-order valence-corrected chi connectivity index (χ4v) is 4.27. The van der Waals surface area contributed by atoms with Crippen LogP contribution >= 0.6 is 11.6 Å². The molecule has 164 valence electrons. The van der Waals surface area contributed by atoms with Crippen LogP contribution in [0.2, 0.25) is 5.02 Å². The Morgan fingerprint density at radius 1 is 1.00 bits per heavy atom. The number of rotatable bonds is 6. The summed E-state index contributed by atoms with van der Waals surface area (Å²) >= 11 is 6.00. The summed E-state index contributed by atoms with van der Waals surface area (Å²) < 4.78 is 5.32. The van der Waals surface area contributed by atoms with E-state index in [4.69, 9.17) is 16.3 Å². The summed E-state index contributed by atoms with van der Waals surface area (Å²) in [6.07, 6.45) is -0.790. The van der Waals surface area contributed by atoms with Gasteiger partial charge in [-0.25, -0.2) is 4.79 Å². The molecule has 2 atom stereocenters. The molecule has 0 radical (unpaired) electrons. The zero-order chi connectivity index (χ0) is 22.7. The molecule has 1 aliphatic carbocycles. The molecule has 3 aromatic rings. The molecule has 1 aliphatic rings. The smallest absolute Gasteiger partial charge is 0.332 e. The van der Waals surface area contributed by atoms with Crippen molar-refractivity contribution in [2.75, 3.05) is 6.61 Å². The minimum absolute atomic E-state index is 0.198. The van der Waals surface area contributed by atoms with Gasteiger partial charge in [0.05, 0.1) is 6.61 Å². The molecule has 0 saturated carbocycles. The van der Waals surface area contributed by atoms with Crippen LogP contribution in [0.5, 0.6) is 0 Å². The zero-order valence-corrected chi connectivity index (χ0v) is 18.4. The quantitative estimate of drug-likeness (QED) is 0.551. The zero-order valence-electron chi connectivity index (χ0n) is 17.7. The predicted molar refractivity (Wildman–Crippen MR) is 123 cm³/mol. The van der Waals surface area contributed by atoms with Crippen LogP contribution in [-0.4, -0.2) is 29.1 Å². The maximum absolute atomic E-state index is 13.0. The highest BCUT2D eigenvalue weighted by atomic mass is 35.5. The highest BCUT2D eigenvalue weighted by Crippen LogP contribution is 2.35. The molecule has 5 nitrogen and oxygen atoms in total. The van der Waals surface area contributed by atoms with E-state index in [0.717, 1.165) is 22.3 Å². The van der Waals surface area contributed by atoms with Gasteiger partial charge in [-0.1, -0.05) is 72.3 Å². The average Bonchev–Trinajstić information content (AvgIpc) is 3.18. The van der Waals surface area contributed by atoms with Crippen molar-refractivity contribution in [2.24, 2.45) is 0 Å². The maximum atomic E-state index is 13.0. The molecule has 2 N–H and O–H groups in total. The lowest BCUT2D eigenvalue weighted by molar-refractivity contribution is -0.154. The summed E-state index contributed by atoms with van der Waals surface area (Å²) in [6.45, 7) is 1.93. The SMILES string of the molecule is CCOC(=O)C1(NC(=O)[C@@H](O)c2ccccc2)Cc2ccc(-c3ccc(Cl)cc3)cc2C1. The lowest BCUT2D eigenvalue weighted by atomic mass is 9.94. The van der Waals surface area contributed by atoms with Crippen LogP contribution in [0.3, 0.4) is 0 Å². The standard InChI is InChI=1S/C26H24ClNO4/c1-2-32-25(31)26(28-24(30)23(29)18-6-4-3-5-7-18)15-20-9-8-19(14-21(20)16-26)17-10-12-22(27)13-11-17/h3-14,23,29H,2,15-16H2,1H3,(H,28,30)/t23-,26?/m0/s1. The summed E-state index contributed by atoms with van der Waals surface area (Å²) in [5, 5.41) is 14.0. The van der Waals surface area contributed by atoms with Gasteiger partial charge in [-0.2, -0.15) is 0 Å². The number of carbonyl (C=O) groups is 2. The average molecular weight is 450 g/mol. The van der Waals surface area contributed by atoms with E-state index >= 15 is 0 Å². The molecule has 32 heavy (non-hydrogen) atoms. The third kappa shape index (κ3) is 4.40. The summed E-state index contributed by atoms with van der Waals surface area (Å²) in [4.78, 5) is 25.9. The number of fused-ring (bicyclic) bond motifs is 1. The first-order chi connectivity index (χ1) is 15.4. The van der Waals surface area contributed by atoms with Gasteiger partial charge in [0.2, 0.25) is 0 Å². The van der Waals surface area contributed by atoms with E-state index in [1.807, 2.05) is 42.5 Å². The maximum Gasteiger partial charge on any atom is 0.332 e. The Morgan fingerprint density at radius 3 is 2.34 bits per heavy atom. The minimum Gasteiger partial charge on any atom is -0.464 e. The Balaban J connectivity index is 1.62. The van der Waals surface area contributed by atoms with Gasteiger partial charge >= 0.3 is 5.97 Å². The van der Waals surface area contributed by atoms with Crippen LogP contribution in [0.25, 0.3) is 11.1 Å². The van der Waals surface area contributed by atoms with E-state index in [1.165, 1.54) is 0 Å². The molecule has 0 spiro atoms. The number of aliphatic hydroxyl groups excluding tert-OH is 1. The number of halogens is 1. The third-order valence-electron chi connectivity index (χ3n) is 5.76. The first-order valence-corrected chi connectivity index (χ1v) is 10.9. The Hall–Kier alpha value is -3.15. The van der Waals surface area contributed by atoms with E-state index in [0.29, 0.717) is 17.0 Å². The third-order valence-corrected chi connectivity index (χ3v) is 6.01. The largest absolute Gasteiger partial charge is 0.464 e. The Bertz CT molecular complexity index is 1130. The van der Waals surface area contributed by atoms with Crippen molar-refractivity contribution in [1.82, 2.24) is 5.32 Å². The second kappa shape index (κ2) is 9.15. The minimum atomic E-state index is -1.38. The Morgan fingerprint density at radius 2 is 1.66 bits per heavy atom. The number of carbonyl (C=O) groups excluding carboxylic acids is 2. The fourth-order valence-electron chi connectivity index (χ4n) is 4.14. The van der Waals surface area contributed by atoms with Crippen molar-refractivity contribution < 1.29 is 19.4 Å². The molecule has 3 aromatic carbocycles. The lowest BCUT2D eigenvalue weighted by Crippen LogP contribution is -2.57. The van der Waals surface area contributed by atoms with Gasteiger partial charge in [0.15, 0.2) is 6.10 Å². The van der Waals surface area contributed by atoms with Crippen LogP contribution in [0.15, 0.2) is 72.8 Å². The van der Waals surface area contributed by atoms with Gasteiger partial charge in [0.25, 0.3) is 5.91 Å². The van der Waals surface area contributed by atoms with E-state index in [-0.39, 0.29) is 13.0 Å². The van der Waals surface area contributed by atoms with Crippen LogP contribution < -0.4 is 5.32 Å². The van der Waals surface area contributed by atoms with Crippen LogP contribution in [0.4, 0.5) is 0 Å². The lowest BCUT2D eigenvalue weighted by Gasteiger charge is -2.29. The number of ether oxygens (including phenoxy) is 1. The summed E-state index contributed by atoms with van der Waals surface area (Å²) in [5.41, 5.74) is 3.13. The number of nitrogens with one attached hydrogen (secondary N) is 1. The molecule has 1 amide bonds.